The molecule has 1 heterocycles. The number of hydrogen-bond donors (Lipinski definition) is 10. The van der Waals surface area contributed by atoms with Crippen LogP contribution in [0.1, 0.15) is 226 Å². The van der Waals surface area contributed by atoms with Gasteiger partial charge in [0.1, 0.15) is 48.5 Å². The Morgan fingerprint density at radius 3 is 1.28 bits per heavy atom. The molecule has 1 fully saturated rings. The molecule has 60 heavy (non-hydrogen) atoms. The van der Waals surface area contributed by atoms with E-state index >= 15 is 0 Å². The third-order valence-corrected chi connectivity index (χ3v) is 12.6. The van der Waals surface area contributed by atoms with Crippen LogP contribution in [0.5, 0.6) is 0 Å². The number of allylic oxidation sites excluding steroid dienone is 1. The average molecular weight is 860 g/mol. The van der Waals surface area contributed by atoms with Crippen LogP contribution in [-0.2, 0) is 9.53 Å². The van der Waals surface area contributed by atoms with Crippen molar-refractivity contribution in [2.24, 2.45) is 0 Å². The molecule has 0 aliphatic carbocycles. The van der Waals surface area contributed by atoms with Gasteiger partial charge in [0, 0.05) is 6.42 Å². The van der Waals surface area contributed by atoms with Crippen LogP contribution in [0, 0.1) is 0 Å². The van der Waals surface area contributed by atoms with Crippen molar-refractivity contribution in [1.82, 2.24) is 5.32 Å². The van der Waals surface area contributed by atoms with E-state index in [4.69, 9.17) is 4.74 Å². The Bertz CT molecular complexity index is 1050. The van der Waals surface area contributed by atoms with Gasteiger partial charge in [0.05, 0.1) is 18.8 Å². The fraction of sp³-hybridized carbons (Fsp3) is 0.938. The van der Waals surface area contributed by atoms with E-state index in [1.54, 1.807) is 0 Å². The highest BCUT2D eigenvalue weighted by Gasteiger charge is 2.49. The third kappa shape index (κ3) is 25.0. The Hall–Kier alpha value is -1.51. The van der Waals surface area contributed by atoms with Gasteiger partial charge in [-0.25, -0.2) is 0 Å². The van der Waals surface area contributed by atoms with E-state index in [0.717, 1.165) is 51.4 Å². The Morgan fingerprint density at radius 2 is 0.900 bits per heavy atom. The smallest absolute Gasteiger partial charge is 0.290 e. The second-order valence-electron chi connectivity index (χ2n) is 17.9. The molecule has 12 heteroatoms. The zero-order valence-electron chi connectivity index (χ0n) is 38.1. The molecular formula is C48H93NO11. The first-order valence-electron chi connectivity index (χ1n) is 24.8. The Balaban J connectivity index is 2.54. The van der Waals surface area contributed by atoms with Crippen molar-refractivity contribution < 1.29 is 55.5 Å². The molecule has 1 saturated heterocycles. The molecule has 0 aromatic carbocycles. The van der Waals surface area contributed by atoms with E-state index < -0.39 is 78.9 Å². The molecule has 1 unspecified atom stereocenters. The number of aliphatic hydroxyl groups excluding tert-OH is 9. The van der Waals surface area contributed by atoms with E-state index in [1.807, 2.05) is 0 Å². The molecule has 1 rings (SSSR count). The van der Waals surface area contributed by atoms with E-state index in [2.05, 4.69) is 19.2 Å². The van der Waals surface area contributed by atoms with Gasteiger partial charge < -0.3 is 56.0 Å². The largest absolute Gasteiger partial charge is 0.508 e. The van der Waals surface area contributed by atoms with Gasteiger partial charge in [0.2, 0.25) is 5.76 Å². The fourth-order valence-corrected chi connectivity index (χ4v) is 8.43. The summed E-state index contributed by atoms with van der Waals surface area (Å²) in [6.07, 6.45) is 23.1. The number of carbonyl (C=O) groups is 1. The SMILES string of the molecule is CCCCCCCCCCCCCCCCCCCCCC(O)=C(O)C(=O)N[C@@H]([C@@H](O)[C@@H]1O[C@H](CO)[C@@H](O)[C@H](O)[C@H]1O)[C@H](O)C(O)CCCCCCCCCCCCCC. The van der Waals surface area contributed by atoms with Gasteiger partial charge in [-0.2, -0.15) is 0 Å². The molecule has 0 saturated carbocycles. The second-order valence-corrected chi connectivity index (χ2v) is 17.9. The summed E-state index contributed by atoms with van der Waals surface area (Å²) in [4.78, 5) is 13.2. The van der Waals surface area contributed by atoms with Crippen molar-refractivity contribution in [3.8, 4) is 0 Å². The number of unbranched alkanes of at least 4 members (excludes halogenated alkanes) is 29. The van der Waals surface area contributed by atoms with Crippen LogP contribution < -0.4 is 5.32 Å². The van der Waals surface area contributed by atoms with E-state index in [-0.39, 0.29) is 12.8 Å². The lowest BCUT2D eigenvalue weighted by atomic mass is 9.86. The van der Waals surface area contributed by atoms with Crippen LogP contribution in [0.25, 0.3) is 0 Å². The molecule has 1 aliphatic heterocycles. The summed E-state index contributed by atoms with van der Waals surface area (Å²) in [5.41, 5.74) is 0. The summed E-state index contributed by atoms with van der Waals surface area (Å²) in [6, 6.07) is -1.74. The molecule has 9 atom stereocenters. The van der Waals surface area contributed by atoms with Crippen molar-refractivity contribution in [2.45, 2.75) is 281 Å². The van der Waals surface area contributed by atoms with Crippen LogP contribution in [0.2, 0.25) is 0 Å². The van der Waals surface area contributed by atoms with Gasteiger partial charge in [-0.1, -0.05) is 206 Å². The summed E-state index contributed by atoms with van der Waals surface area (Å²) in [5.74, 6) is -2.76. The molecule has 0 spiro atoms. The minimum Gasteiger partial charge on any atom is -0.508 e. The van der Waals surface area contributed by atoms with Crippen molar-refractivity contribution in [3.05, 3.63) is 11.5 Å². The predicted octanol–water partition coefficient (Wildman–Crippen LogP) is 8.64. The van der Waals surface area contributed by atoms with Gasteiger partial charge in [0.15, 0.2) is 0 Å². The van der Waals surface area contributed by atoms with Gasteiger partial charge in [-0.05, 0) is 12.8 Å². The van der Waals surface area contributed by atoms with Crippen molar-refractivity contribution in [3.63, 3.8) is 0 Å². The molecule has 0 aromatic heterocycles. The molecule has 0 radical (unpaired) electrons. The van der Waals surface area contributed by atoms with E-state index in [9.17, 15) is 50.8 Å². The molecular weight excluding hydrogens is 767 g/mol. The lowest BCUT2D eigenvalue weighted by Crippen LogP contribution is -2.67. The molecule has 10 N–H and O–H groups in total. The van der Waals surface area contributed by atoms with E-state index in [0.29, 0.717) is 12.8 Å². The van der Waals surface area contributed by atoms with Crippen LogP contribution in [0.15, 0.2) is 11.5 Å². The van der Waals surface area contributed by atoms with Crippen molar-refractivity contribution in [2.75, 3.05) is 6.61 Å². The number of amides is 1. The highest BCUT2D eigenvalue weighted by Crippen LogP contribution is 2.27. The maximum Gasteiger partial charge on any atom is 0.290 e. The summed E-state index contributed by atoms with van der Waals surface area (Å²) in [7, 11) is 0. The van der Waals surface area contributed by atoms with E-state index in [1.165, 1.54) is 135 Å². The highest BCUT2D eigenvalue weighted by molar-refractivity contribution is 5.91. The topological polar surface area (TPSA) is 220 Å². The van der Waals surface area contributed by atoms with Crippen LogP contribution in [0.4, 0.5) is 0 Å². The molecule has 1 aliphatic rings. The summed E-state index contributed by atoms with van der Waals surface area (Å²) < 4.78 is 5.49. The third-order valence-electron chi connectivity index (χ3n) is 12.6. The maximum absolute atomic E-state index is 13.2. The lowest BCUT2D eigenvalue weighted by molar-refractivity contribution is -0.254. The summed E-state index contributed by atoms with van der Waals surface area (Å²) in [5, 5.41) is 98.0. The van der Waals surface area contributed by atoms with Crippen molar-refractivity contribution >= 4 is 5.91 Å². The fourth-order valence-electron chi connectivity index (χ4n) is 8.43. The van der Waals surface area contributed by atoms with Crippen LogP contribution in [-0.4, -0.2) is 113 Å². The van der Waals surface area contributed by atoms with Gasteiger partial charge in [-0.15, -0.1) is 0 Å². The first-order chi connectivity index (χ1) is 29.0. The lowest BCUT2D eigenvalue weighted by Gasteiger charge is -2.44. The number of rotatable bonds is 40. The Morgan fingerprint density at radius 1 is 0.533 bits per heavy atom. The molecule has 356 valence electrons. The summed E-state index contributed by atoms with van der Waals surface area (Å²) >= 11 is 0. The van der Waals surface area contributed by atoms with Gasteiger partial charge >= 0.3 is 0 Å². The van der Waals surface area contributed by atoms with Crippen LogP contribution >= 0.6 is 0 Å². The van der Waals surface area contributed by atoms with Crippen LogP contribution in [0.3, 0.4) is 0 Å². The van der Waals surface area contributed by atoms with Gasteiger partial charge in [-0.3, -0.25) is 4.79 Å². The Kier molecular flexibility index (Phi) is 34.8. The second kappa shape index (κ2) is 36.9. The molecule has 12 nitrogen and oxygen atoms in total. The number of ether oxygens (including phenoxy) is 1. The minimum absolute atomic E-state index is 0.0438. The summed E-state index contributed by atoms with van der Waals surface area (Å²) in [6.45, 7) is 3.71. The number of hydrogen-bond acceptors (Lipinski definition) is 11. The Labute approximate surface area is 364 Å². The highest BCUT2D eigenvalue weighted by atomic mass is 16.6. The van der Waals surface area contributed by atoms with Crippen molar-refractivity contribution in [1.29, 1.82) is 0 Å². The zero-order chi connectivity index (χ0) is 44.4. The predicted molar refractivity (Wildman–Crippen MR) is 240 cm³/mol. The van der Waals surface area contributed by atoms with Gasteiger partial charge in [0.25, 0.3) is 5.91 Å². The molecule has 1 amide bonds. The number of nitrogens with one attached hydrogen (secondary N) is 1. The quantitative estimate of drug-likeness (QED) is 0.0160. The minimum atomic E-state index is -1.97. The number of aliphatic hydroxyl groups is 9. The molecule has 0 bridgehead atoms. The normalized spacial score (nSPS) is 22.0. The monoisotopic (exact) mass is 860 g/mol. The standard InChI is InChI=1S/C48H93NO11/c1-3-5-7-9-11-13-15-17-18-19-20-21-22-23-25-27-29-31-33-35-38(52)42(54)48(59)49-40(44(56)47-46(58)45(57)43(55)39(36-50)60-47)41(53)37(51)34-32-30-28-26-24-16-14-12-10-8-6-4-2/h37,39-41,43-47,50-58H,3-36H2,1-2H3,(H,49,59)/t37?,39-,40-,41-,43-,44-,45+,46-,47+/m1/s1. The molecule has 0 aromatic rings. The number of carbonyl (C=O) groups excluding carboxylic acids is 1. The first kappa shape index (κ1) is 56.5. The average Bonchev–Trinajstić information content (AvgIpc) is 3.24. The maximum atomic E-state index is 13.2. The first-order valence-corrected chi connectivity index (χ1v) is 24.8. The zero-order valence-corrected chi connectivity index (χ0v) is 38.1.